The maximum atomic E-state index is 14.6. The summed E-state index contributed by atoms with van der Waals surface area (Å²) in [5.74, 6) is -3.17. The molecule has 5 atom stereocenters. The van der Waals surface area contributed by atoms with E-state index in [2.05, 4.69) is 26.5 Å². The highest BCUT2D eigenvalue weighted by Crippen LogP contribution is 2.59. The van der Waals surface area contributed by atoms with Crippen molar-refractivity contribution in [3.63, 3.8) is 0 Å². The van der Waals surface area contributed by atoms with Crippen molar-refractivity contribution in [2.45, 2.75) is 24.0 Å². The molecular formula is C31H32N5O5P. The number of rotatable bonds is 4. The summed E-state index contributed by atoms with van der Waals surface area (Å²) in [5, 5.41) is 42.3. The lowest BCUT2D eigenvalue weighted by atomic mass is 9.57. The van der Waals surface area contributed by atoms with E-state index < -0.39 is 34.7 Å². The van der Waals surface area contributed by atoms with Crippen LogP contribution in [-0.2, 0) is 16.0 Å². The Labute approximate surface area is 246 Å². The molecule has 5 rings (SSSR count). The molecule has 0 spiro atoms. The molecule has 1 heterocycles. The average molecular weight is 586 g/mol. The number of allylic oxidation sites excluding steroid dienone is 1. The predicted octanol–water partition coefficient (Wildman–Crippen LogP) is 2.99. The van der Waals surface area contributed by atoms with E-state index in [9.17, 15) is 24.9 Å². The molecule has 0 bridgehead atoms. The third kappa shape index (κ3) is 3.97. The second-order valence-electron chi connectivity index (χ2n) is 11.4. The van der Waals surface area contributed by atoms with Gasteiger partial charge >= 0.3 is 0 Å². The summed E-state index contributed by atoms with van der Waals surface area (Å²) in [6.07, 6.45) is 2.18. The zero-order valence-electron chi connectivity index (χ0n) is 23.8. The van der Waals surface area contributed by atoms with Crippen molar-refractivity contribution in [1.29, 1.82) is 5.26 Å². The standard InChI is InChI=1S/C31H32N5O5P/c1-6-19-24(30(33)41)28(39)25(36(4)5)20-10-15-9-18-21(35(2)3)11-17(14-7-8-16(12-32)34-13-14)26(37)23(18)27(38)22(15)29(40)31(19,20)42/h7-8,11,13,15,20,25,37-39H,1,9-10,42H2,2-5H3,(H2,33,41)/t15-,20-,25-,31-/m0/s1. The molecule has 3 aliphatic rings. The predicted molar refractivity (Wildman–Crippen MR) is 162 cm³/mol. The number of phenolic OH excluding ortho intramolecular Hbond substituents is 1. The van der Waals surface area contributed by atoms with Crippen LogP contribution in [0.2, 0.25) is 0 Å². The number of aliphatic hydroxyl groups excluding tert-OH is 2. The Kier molecular flexibility index (Phi) is 7.03. The minimum Gasteiger partial charge on any atom is -0.510 e. The number of aromatic hydroxyl groups is 1. The van der Waals surface area contributed by atoms with Gasteiger partial charge in [-0.3, -0.25) is 14.5 Å². The van der Waals surface area contributed by atoms with E-state index in [1.807, 2.05) is 25.1 Å². The number of carbonyl (C=O) groups is 2. The number of aliphatic hydroxyl groups is 2. The van der Waals surface area contributed by atoms with E-state index in [-0.39, 0.29) is 45.2 Å². The largest absolute Gasteiger partial charge is 0.510 e. The molecule has 1 aromatic carbocycles. The number of nitrogens with two attached hydrogens (primary N) is 1. The Balaban J connectivity index is 1.77. The molecule has 1 unspecified atom stereocenters. The molecule has 1 fully saturated rings. The Bertz CT molecular complexity index is 1710. The molecule has 42 heavy (non-hydrogen) atoms. The van der Waals surface area contributed by atoms with Gasteiger partial charge in [-0.2, -0.15) is 5.26 Å². The first kappa shape index (κ1) is 29.1. The van der Waals surface area contributed by atoms with Gasteiger partial charge in [0.25, 0.3) is 5.91 Å². The smallest absolute Gasteiger partial charge is 0.253 e. The normalized spacial score (nSPS) is 24.9. The second-order valence-corrected chi connectivity index (χ2v) is 12.3. The topological polar surface area (TPSA) is 164 Å². The first-order chi connectivity index (χ1) is 19.8. The van der Waals surface area contributed by atoms with Crippen LogP contribution in [0.4, 0.5) is 5.69 Å². The number of Topliss-reactive ketones (excluding diaryl/α,β-unsaturated/α-hetero) is 1. The van der Waals surface area contributed by atoms with Crippen molar-refractivity contribution in [1.82, 2.24) is 9.88 Å². The zero-order valence-corrected chi connectivity index (χ0v) is 24.9. The maximum absolute atomic E-state index is 14.6. The third-order valence-corrected chi connectivity index (χ3v) is 9.69. The van der Waals surface area contributed by atoms with E-state index in [0.29, 0.717) is 29.5 Å². The molecular weight excluding hydrogens is 553 g/mol. The number of pyridine rings is 1. The number of anilines is 1. The summed E-state index contributed by atoms with van der Waals surface area (Å²) in [6.45, 7) is 3.71. The van der Waals surface area contributed by atoms with Crippen molar-refractivity contribution in [3.05, 3.63) is 76.0 Å². The highest BCUT2D eigenvalue weighted by molar-refractivity contribution is 7.22. The van der Waals surface area contributed by atoms with E-state index in [1.165, 1.54) is 12.3 Å². The first-order valence-electron chi connectivity index (χ1n) is 13.3. The SMILES string of the molecule is C=C=C1C(C(N)=O)=C(O)[C@@H](N(C)C)[C@@H]2C[C@@H]3Cc4c(N(C)C)cc(-c5ccc(C#N)nc5)c(O)c4C(O)=C3C(=O)[C@]12P. The number of primary amides is 1. The zero-order chi connectivity index (χ0) is 30.8. The molecule has 11 heteroatoms. The molecule has 2 aromatic rings. The fourth-order valence-corrected chi connectivity index (χ4v) is 7.61. The Morgan fingerprint density at radius 3 is 2.45 bits per heavy atom. The van der Waals surface area contributed by atoms with Gasteiger partial charge in [0, 0.05) is 54.2 Å². The van der Waals surface area contributed by atoms with Gasteiger partial charge in [-0.15, -0.1) is 15.0 Å². The summed E-state index contributed by atoms with van der Waals surface area (Å²) in [6, 6.07) is 6.24. The van der Waals surface area contributed by atoms with Gasteiger partial charge in [-0.1, -0.05) is 6.58 Å². The first-order valence-corrected chi connectivity index (χ1v) is 13.9. The summed E-state index contributed by atoms with van der Waals surface area (Å²) in [4.78, 5) is 34.9. The number of fused-ring (bicyclic) bond motifs is 3. The molecule has 1 aromatic heterocycles. The Hall–Kier alpha value is -4.41. The molecule has 0 aliphatic heterocycles. The number of hydrogen-bond donors (Lipinski definition) is 4. The number of carbonyl (C=O) groups excluding carboxylic acids is 2. The van der Waals surface area contributed by atoms with Crippen LogP contribution in [0.25, 0.3) is 16.9 Å². The summed E-state index contributed by atoms with van der Waals surface area (Å²) in [7, 11) is 9.74. The quantitative estimate of drug-likeness (QED) is 0.312. The number of nitrogens with zero attached hydrogens (tertiary/aromatic N) is 4. The van der Waals surface area contributed by atoms with Gasteiger partial charge in [0.1, 0.15) is 29.0 Å². The molecule has 0 radical (unpaired) electrons. The lowest BCUT2D eigenvalue weighted by Gasteiger charge is -2.53. The highest BCUT2D eigenvalue weighted by Gasteiger charge is 2.61. The lowest BCUT2D eigenvalue weighted by molar-refractivity contribution is -0.121. The second kappa shape index (κ2) is 10.1. The summed E-state index contributed by atoms with van der Waals surface area (Å²) < 4.78 is 0. The van der Waals surface area contributed by atoms with E-state index in [4.69, 9.17) is 11.0 Å². The monoisotopic (exact) mass is 585 g/mol. The molecule has 0 saturated heterocycles. The van der Waals surface area contributed by atoms with Gasteiger partial charge in [0.15, 0.2) is 5.78 Å². The number of ketones is 1. The molecule has 1 saturated carbocycles. The van der Waals surface area contributed by atoms with Crippen molar-refractivity contribution in [2.75, 3.05) is 33.1 Å². The third-order valence-electron chi connectivity index (χ3n) is 8.71. The fraction of sp³-hybridized carbons (Fsp3) is 0.323. The number of phenols is 1. The van der Waals surface area contributed by atoms with Crippen LogP contribution in [-0.4, -0.2) is 76.3 Å². The molecule has 5 N–H and O–H groups in total. The van der Waals surface area contributed by atoms with Crippen molar-refractivity contribution < 1.29 is 24.9 Å². The Morgan fingerprint density at radius 1 is 1.24 bits per heavy atom. The minimum absolute atomic E-state index is 0.0609. The molecule has 216 valence electrons. The molecule has 1 amide bonds. The number of aromatic nitrogens is 1. The van der Waals surface area contributed by atoms with Crippen molar-refractivity contribution >= 4 is 32.4 Å². The van der Waals surface area contributed by atoms with E-state index in [1.54, 1.807) is 31.1 Å². The van der Waals surface area contributed by atoms with Crippen LogP contribution < -0.4 is 10.6 Å². The highest BCUT2D eigenvalue weighted by atomic mass is 31.0. The van der Waals surface area contributed by atoms with Crippen LogP contribution in [0.3, 0.4) is 0 Å². The van der Waals surface area contributed by atoms with Crippen molar-refractivity contribution in [3.8, 4) is 22.9 Å². The number of nitriles is 1. The number of amides is 1. The summed E-state index contributed by atoms with van der Waals surface area (Å²) >= 11 is 0. The summed E-state index contributed by atoms with van der Waals surface area (Å²) in [5.41, 5.74) is 11.0. The lowest BCUT2D eigenvalue weighted by Crippen LogP contribution is -2.60. The van der Waals surface area contributed by atoms with Crippen LogP contribution in [0.1, 0.15) is 23.2 Å². The molecule has 3 aliphatic carbocycles. The van der Waals surface area contributed by atoms with Gasteiger partial charge in [0.05, 0.1) is 22.3 Å². The van der Waals surface area contributed by atoms with Crippen LogP contribution in [0.15, 0.2) is 59.2 Å². The Morgan fingerprint density at radius 2 is 1.93 bits per heavy atom. The maximum Gasteiger partial charge on any atom is 0.253 e. The average Bonchev–Trinajstić information content (AvgIpc) is 2.93. The van der Waals surface area contributed by atoms with Gasteiger partial charge in [0.2, 0.25) is 0 Å². The fourth-order valence-electron chi connectivity index (χ4n) is 6.89. The number of hydrogen-bond acceptors (Lipinski definition) is 9. The van der Waals surface area contributed by atoms with E-state index in [0.717, 1.165) is 5.69 Å². The van der Waals surface area contributed by atoms with Crippen LogP contribution in [0.5, 0.6) is 5.75 Å². The van der Waals surface area contributed by atoms with Crippen LogP contribution in [0, 0.1) is 23.2 Å². The minimum atomic E-state index is -1.47. The van der Waals surface area contributed by atoms with Crippen molar-refractivity contribution in [2.24, 2.45) is 17.6 Å². The molecule has 10 nitrogen and oxygen atoms in total. The van der Waals surface area contributed by atoms with Gasteiger partial charge < -0.3 is 26.0 Å². The van der Waals surface area contributed by atoms with Crippen LogP contribution >= 0.6 is 9.24 Å². The van der Waals surface area contributed by atoms with Gasteiger partial charge in [-0.05, 0) is 56.6 Å². The van der Waals surface area contributed by atoms with Gasteiger partial charge in [-0.25, -0.2) is 4.98 Å². The van der Waals surface area contributed by atoms with E-state index >= 15 is 0 Å². The number of benzene rings is 1. The number of likely N-dealkylation sites (N-methyl/N-ethyl adjacent to an activating group) is 1.